The van der Waals surface area contributed by atoms with Gasteiger partial charge in [0, 0.05) is 19.6 Å². The molecule has 0 radical (unpaired) electrons. The van der Waals surface area contributed by atoms with E-state index in [2.05, 4.69) is 9.88 Å². The van der Waals surface area contributed by atoms with Gasteiger partial charge in [-0.3, -0.25) is 0 Å². The number of rotatable bonds is 4. The lowest BCUT2D eigenvalue weighted by atomic mass is 10.5. The van der Waals surface area contributed by atoms with E-state index in [-0.39, 0.29) is 0 Å². The quantitative estimate of drug-likeness (QED) is 0.805. The van der Waals surface area contributed by atoms with Crippen LogP contribution in [0.4, 0.5) is 5.13 Å². The SMILES string of the molecule is NCCOc1cnc(N2CCOCC2)s1. The molecule has 1 aliphatic heterocycles. The summed E-state index contributed by atoms with van der Waals surface area (Å²) in [7, 11) is 0. The van der Waals surface area contributed by atoms with Crippen LogP contribution in [0.1, 0.15) is 0 Å². The van der Waals surface area contributed by atoms with Gasteiger partial charge in [-0.05, 0) is 0 Å². The highest BCUT2D eigenvalue weighted by molar-refractivity contribution is 7.17. The largest absolute Gasteiger partial charge is 0.481 e. The van der Waals surface area contributed by atoms with E-state index in [0.29, 0.717) is 13.2 Å². The van der Waals surface area contributed by atoms with Gasteiger partial charge < -0.3 is 20.1 Å². The lowest BCUT2D eigenvalue weighted by molar-refractivity contribution is 0.122. The third-order valence-electron chi connectivity index (χ3n) is 2.12. The fourth-order valence-electron chi connectivity index (χ4n) is 1.38. The molecule has 0 aromatic carbocycles. The van der Waals surface area contributed by atoms with Crippen molar-refractivity contribution in [2.75, 3.05) is 44.4 Å². The predicted molar refractivity (Wildman–Crippen MR) is 59.7 cm³/mol. The molecular weight excluding hydrogens is 214 g/mol. The predicted octanol–water partition coefficient (Wildman–Crippen LogP) is 0.317. The first-order valence-corrected chi connectivity index (χ1v) is 5.83. The summed E-state index contributed by atoms with van der Waals surface area (Å²) in [6.45, 7) is 4.44. The molecule has 1 aliphatic rings. The van der Waals surface area contributed by atoms with Gasteiger partial charge in [-0.1, -0.05) is 11.3 Å². The average molecular weight is 229 g/mol. The zero-order chi connectivity index (χ0) is 10.5. The summed E-state index contributed by atoms with van der Waals surface area (Å²) >= 11 is 1.56. The van der Waals surface area contributed by atoms with E-state index in [1.54, 1.807) is 17.5 Å². The van der Waals surface area contributed by atoms with E-state index in [4.69, 9.17) is 15.2 Å². The summed E-state index contributed by atoms with van der Waals surface area (Å²) in [5.74, 6) is 0. The Morgan fingerprint density at radius 3 is 3.07 bits per heavy atom. The Balaban J connectivity index is 1.93. The topological polar surface area (TPSA) is 60.6 Å². The average Bonchev–Trinajstić information content (AvgIpc) is 2.76. The maximum Gasteiger partial charge on any atom is 0.195 e. The number of ether oxygens (including phenoxy) is 2. The van der Waals surface area contributed by atoms with Crippen LogP contribution in [0.25, 0.3) is 0 Å². The fraction of sp³-hybridized carbons (Fsp3) is 0.667. The maximum atomic E-state index is 5.40. The van der Waals surface area contributed by atoms with Gasteiger partial charge in [0.25, 0.3) is 0 Å². The molecule has 84 valence electrons. The van der Waals surface area contributed by atoms with Crippen molar-refractivity contribution in [3.05, 3.63) is 6.20 Å². The molecule has 2 heterocycles. The molecule has 1 fully saturated rings. The van der Waals surface area contributed by atoms with Crippen LogP contribution in [0.2, 0.25) is 0 Å². The molecule has 0 bridgehead atoms. The Morgan fingerprint density at radius 1 is 1.53 bits per heavy atom. The molecule has 6 heteroatoms. The first-order valence-electron chi connectivity index (χ1n) is 5.01. The molecule has 0 aliphatic carbocycles. The summed E-state index contributed by atoms with van der Waals surface area (Å²) < 4.78 is 10.7. The molecule has 2 N–H and O–H groups in total. The summed E-state index contributed by atoms with van der Waals surface area (Å²) in [6, 6.07) is 0. The molecule has 5 nitrogen and oxygen atoms in total. The molecule has 1 saturated heterocycles. The maximum absolute atomic E-state index is 5.40. The third-order valence-corrected chi connectivity index (χ3v) is 3.09. The number of anilines is 1. The van der Waals surface area contributed by atoms with E-state index in [0.717, 1.165) is 36.5 Å². The summed E-state index contributed by atoms with van der Waals surface area (Å²) in [6.07, 6.45) is 1.76. The second-order valence-corrected chi connectivity index (χ2v) is 4.17. The Morgan fingerprint density at radius 2 is 2.33 bits per heavy atom. The van der Waals surface area contributed by atoms with Gasteiger partial charge in [0.15, 0.2) is 10.2 Å². The van der Waals surface area contributed by atoms with Gasteiger partial charge in [-0.2, -0.15) is 0 Å². The summed E-state index contributed by atoms with van der Waals surface area (Å²) in [4.78, 5) is 6.53. The molecule has 0 saturated carbocycles. The number of aromatic nitrogens is 1. The normalized spacial score (nSPS) is 16.7. The zero-order valence-electron chi connectivity index (χ0n) is 8.52. The number of morpholine rings is 1. The lowest BCUT2D eigenvalue weighted by Gasteiger charge is -2.25. The van der Waals surface area contributed by atoms with Crippen molar-refractivity contribution in [3.63, 3.8) is 0 Å². The Bertz CT molecular complexity index is 299. The van der Waals surface area contributed by atoms with E-state index >= 15 is 0 Å². The first-order chi connectivity index (χ1) is 7.40. The molecule has 0 atom stereocenters. The standard InChI is InChI=1S/C9H15N3O2S/c10-1-4-14-8-7-11-9(15-8)12-2-5-13-6-3-12/h7H,1-6,10H2. The van der Waals surface area contributed by atoms with Gasteiger partial charge in [0.05, 0.1) is 19.4 Å². The van der Waals surface area contributed by atoms with E-state index in [1.165, 1.54) is 0 Å². The van der Waals surface area contributed by atoms with E-state index in [9.17, 15) is 0 Å². The van der Waals surface area contributed by atoms with Gasteiger partial charge in [0.1, 0.15) is 6.61 Å². The van der Waals surface area contributed by atoms with Crippen LogP contribution < -0.4 is 15.4 Å². The highest BCUT2D eigenvalue weighted by Crippen LogP contribution is 2.28. The van der Waals surface area contributed by atoms with Crippen molar-refractivity contribution in [2.24, 2.45) is 5.73 Å². The van der Waals surface area contributed by atoms with Crippen molar-refractivity contribution < 1.29 is 9.47 Å². The van der Waals surface area contributed by atoms with Crippen LogP contribution >= 0.6 is 11.3 Å². The minimum Gasteiger partial charge on any atom is -0.481 e. The monoisotopic (exact) mass is 229 g/mol. The second kappa shape index (κ2) is 5.29. The first kappa shape index (κ1) is 10.7. The van der Waals surface area contributed by atoms with Gasteiger partial charge in [0.2, 0.25) is 0 Å². The minimum absolute atomic E-state index is 0.533. The van der Waals surface area contributed by atoms with E-state index < -0.39 is 0 Å². The molecule has 0 spiro atoms. The fourth-order valence-corrected chi connectivity index (χ4v) is 2.22. The van der Waals surface area contributed by atoms with Gasteiger partial charge >= 0.3 is 0 Å². The van der Waals surface area contributed by atoms with Crippen LogP contribution in [0.3, 0.4) is 0 Å². The summed E-state index contributed by atoms with van der Waals surface area (Å²) in [5.41, 5.74) is 5.36. The van der Waals surface area contributed by atoms with Crippen LogP contribution in [-0.2, 0) is 4.74 Å². The Labute approximate surface area is 92.8 Å². The van der Waals surface area contributed by atoms with Crippen molar-refractivity contribution in [1.29, 1.82) is 0 Å². The molecule has 2 rings (SSSR count). The lowest BCUT2D eigenvalue weighted by Crippen LogP contribution is -2.36. The number of hydrogen-bond acceptors (Lipinski definition) is 6. The molecule has 1 aromatic heterocycles. The highest BCUT2D eigenvalue weighted by Gasteiger charge is 2.14. The highest BCUT2D eigenvalue weighted by atomic mass is 32.1. The summed E-state index contributed by atoms with van der Waals surface area (Å²) in [5, 5.41) is 1.84. The van der Waals surface area contributed by atoms with Gasteiger partial charge in [-0.15, -0.1) is 0 Å². The number of nitrogens with zero attached hydrogens (tertiary/aromatic N) is 2. The molecule has 0 unspecified atom stereocenters. The van der Waals surface area contributed by atoms with E-state index in [1.807, 2.05) is 0 Å². The van der Waals surface area contributed by atoms with Crippen molar-refractivity contribution in [1.82, 2.24) is 4.98 Å². The van der Waals surface area contributed by atoms with Gasteiger partial charge in [-0.25, -0.2) is 4.98 Å². The molecule has 0 amide bonds. The van der Waals surface area contributed by atoms with Crippen LogP contribution in [-0.4, -0.2) is 44.4 Å². The second-order valence-electron chi connectivity index (χ2n) is 3.20. The molecular formula is C9H15N3O2S. The van der Waals surface area contributed by atoms with Crippen LogP contribution in [0, 0.1) is 0 Å². The number of hydrogen-bond donors (Lipinski definition) is 1. The van der Waals surface area contributed by atoms with Crippen molar-refractivity contribution in [2.45, 2.75) is 0 Å². The number of thiazole rings is 1. The Kier molecular flexibility index (Phi) is 3.76. The minimum atomic E-state index is 0.533. The van der Waals surface area contributed by atoms with Crippen LogP contribution in [0.5, 0.6) is 5.06 Å². The van der Waals surface area contributed by atoms with Crippen molar-refractivity contribution in [3.8, 4) is 5.06 Å². The zero-order valence-corrected chi connectivity index (χ0v) is 9.33. The Hall–Kier alpha value is -0.850. The van der Waals surface area contributed by atoms with Crippen LogP contribution in [0.15, 0.2) is 6.20 Å². The molecule has 1 aromatic rings. The smallest absolute Gasteiger partial charge is 0.195 e. The van der Waals surface area contributed by atoms with Crippen molar-refractivity contribution >= 4 is 16.5 Å². The number of nitrogens with two attached hydrogens (primary N) is 1. The molecule has 15 heavy (non-hydrogen) atoms. The third kappa shape index (κ3) is 2.80.